The van der Waals surface area contributed by atoms with Gasteiger partial charge in [-0.05, 0) is 43.7 Å². The van der Waals surface area contributed by atoms with Crippen molar-refractivity contribution in [3.05, 3.63) is 53.6 Å². The second-order valence-electron chi connectivity index (χ2n) is 4.44. The lowest BCUT2D eigenvalue weighted by Crippen LogP contribution is -2.09. The average molecular weight is 226 g/mol. The molecule has 0 heterocycles. The van der Waals surface area contributed by atoms with E-state index in [-0.39, 0.29) is 0 Å². The Morgan fingerprint density at radius 3 is 2.06 bits per heavy atom. The number of hydrogen-bond donors (Lipinski definition) is 1. The first-order valence-electron chi connectivity index (χ1n) is 5.74. The summed E-state index contributed by atoms with van der Waals surface area (Å²) in [4.78, 5) is 2.13. The van der Waals surface area contributed by atoms with Crippen molar-refractivity contribution in [1.82, 2.24) is 0 Å². The van der Waals surface area contributed by atoms with Gasteiger partial charge < -0.3 is 10.6 Å². The average Bonchev–Trinajstić information content (AvgIpc) is 2.33. The largest absolute Gasteiger partial charge is 0.398 e. The van der Waals surface area contributed by atoms with E-state index in [1.165, 1.54) is 11.3 Å². The van der Waals surface area contributed by atoms with E-state index in [1.54, 1.807) is 0 Å². The fourth-order valence-electron chi connectivity index (χ4n) is 1.75. The highest BCUT2D eigenvalue weighted by molar-refractivity contribution is 5.67. The van der Waals surface area contributed by atoms with Gasteiger partial charge in [0.2, 0.25) is 0 Å². The third-order valence-corrected chi connectivity index (χ3v) is 3.07. The van der Waals surface area contributed by atoms with Crippen LogP contribution < -0.4 is 10.6 Å². The zero-order chi connectivity index (χ0) is 12.4. The second kappa shape index (κ2) is 4.50. The molecule has 2 aromatic rings. The van der Waals surface area contributed by atoms with Crippen LogP contribution in [0, 0.1) is 13.8 Å². The van der Waals surface area contributed by atoms with Gasteiger partial charge in [0, 0.05) is 24.1 Å². The molecule has 0 aliphatic carbocycles. The topological polar surface area (TPSA) is 29.3 Å². The lowest BCUT2D eigenvalue weighted by Gasteiger charge is -2.20. The number of rotatable bonds is 2. The summed E-state index contributed by atoms with van der Waals surface area (Å²) in [7, 11) is 2.05. The highest BCUT2D eigenvalue weighted by atomic mass is 15.1. The van der Waals surface area contributed by atoms with Crippen molar-refractivity contribution < 1.29 is 0 Å². The lowest BCUT2D eigenvalue weighted by molar-refractivity contribution is 1.20. The van der Waals surface area contributed by atoms with Crippen LogP contribution in [-0.4, -0.2) is 7.05 Å². The molecule has 2 nitrogen and oxygen atoms in total. The van der Waals surface area contributed by atoms with E-state index in [0.717, 1.165) is 16.9 Å². The van der Waals surface area contributed by atoms with Gasteiger partial charge in [0.05, 0.1) is 0 Å². The van der Waals surface area contributed by atoms with Gasteiger partial charge in [0.25, 0.3) is 0 Å². The Morgan fingerprint density at radius 1 is 0.882 bits per heavy atom. The van der Waals surface area contributed by atoms with Crippen molar-refractivity contribution in [2.24, 2.45) is 0 Å². The summed E-state index contributed by atoms with van der Waals surface area (Å²) in [6, 6.07) is 14.6. The van der Waals surface area contributed by atoms with Gasteiger partial charge in [-0.3, -0.25) is 0 Å². The summed E-state index contributed by atoms with van der Waals surface area (Å²) in [6.45, 7) is 4.11. The normalized spacial score (nSPS) is 10.3. The van der Waals surface area contributed by atoms with Crippen LogP contribution in [0.25, 0.3) is 0 Å². The predicted molar refractivity (Wildman–Crippen MR) is 74.8 cm³/mol. The fraction of sp³-hybridized carbons (Fsp3) is 0.200. The summed E-state index contributed by atoms with van der Waals surface area (Å²) < 4.78 is 0. The van der Waals surface area contributed by atoms with Crippen molar-refractivity contribution >= 4 is 17.1 Å². The zero-order valence-corrected chi connectivity index (χ0v) is 10.6. The Hall–Kier alpha value is -1.96. The standard InChI is InChI=1S/C15H18N2/c1-11-4-7-13(8-5-11)17(3)14-9-6-12(2)15(16)10-14/h4-10H,16H2,1-3H3. The smallest absolute Gasteiger partial charge is 0.0428 e. The van der Waals surface area contributed by atoms with Crippen LogP contribution in [-0.2, 0) is 0 Å². The first-order chi connectivity index (χ1) is 8.08. The van der Waals surface area contributed by atoms with Gasteiger partial charge in [0.1, 0.15) is 0 Å². The number of nitrogen functional groups attached to an aromatic ring is 1. The van der Waals surface area contributed by atoms with E-state index in [0.29, 0.717) is 0 Å². The molecule has 0 aliphatic heterocycles. The molecule has 0 spiro atoms. The van der Waals surface area contributed by atoms with Crippen molar-refractivity contribution in [2.75, 3.05) is 17.7 Å². The van der Waals surface area contributed by atoms with E-state index in [1.807, 2.05) is 13.0 Å². The first-order valence-corrected chi connectivity index (χ1v) is 5.74. The molecule has 88 valence electrons. The van der Waals surface area contributed by atoms with Crippen molar-refractivity contribution in [3.8, 4) is 0 Å². The van der Waals surface area contributed by atoms with E-state index < -0.39 is 0 Å². The summed E-state index contributed by atoms with van der Waals surface area (Å²) in [5.74, 6) is 0. The molecule has 0 bridgehead atoms. The lowest BCUT2D eigenvalue weighted by atomic mass is 10.1. The van der Waals surface area contributed by atoms with E-state index in [9.17, 15) is 0 Å². The Kier molecular flexibility index (Phi) is 3.05. The number of nitrogens with zero attached hydrogens (tertiary/aromatic N) is 1. The van der Waals surface area contributed by atoms with Crippen LogP contribution >= 0.6 is 0 Å². The quantitative estimate of drug-likeness (QED) is 0.792. The summed E-state index contributed by atoms with van der Waals surface area (Å²) in [6.07, 6.45) is 0. The maximum Gasteiger partial charge on any atom is 0.0428 e. The molecule has 0 unspecified atom stereocenters. The minimum absolute atomic E-state index is 0.835. The van der Waals surface area contributed by atoms with Crippen LogP contribution in [0.15, 0.2) is 42.5 Å². The number of nitrogens with two attached hydrogens (primary N) is 1. The van der Waals surface area contributed by atoms with Crippen LogP contribution in [0.3, 0.4) is 0 Å². The number of benzene rings is 2. The van der Waals surface area contributed by atoms with Gasteiger partial charge in [0.15, 0.2) is 0 Å². The predicted octanol–water partition coefficient (Wildman–Crippen LogP) is 3.65. The Labute approximate surface area is 103 Å². The van der Waals surface area contributed by atoms with Crippen LogP contribution in [0.2, 0.25) is 0 Å². The highest BCUT2D eigenvalue weighted by Gasteiger charge is 2.04. The maximum atomic E-state index is 5.93. The fourth-order valence-corrected chi connectivity index (χ4v) is 1.75. The zero-order valence-electron chi connectivity index (χ0n) is 10.6. The SMILES string of the molecule is Cc1ccc(N(C)c2ccc(C)c(N)c2)cc1. The molecule has 0 radical (unpaired) electrons. The van der Waals surface area contributed by atoms with Crippen molar-refractivity contribution in [2.45, 2.75) is 13.8 Å². The van der Waals surface area contributed by atoms with Crippen molar-refractivity contribution in [3.63, 3.8) is 0 Å². The minimum atomic E-state index is 0.835. The molecule has 0 aromatic heterocycles. The van der Waals surface area contributed by atoms with Crippen LogP contribution in [0.5, 0.6) is 0 Å². The molecule has 2 aromatic carbocycles. The van der Waals surface area contributed by atoms with E-state index in [4.69, 9.17) is 5.73 Å². The third kappa shape index (κ3) is 2.41. The second-order valence-corrected chi connectivity index (χ2v) is 4.44. The van der Waals surface area contributed by atoms with Gasteiger partial charge >= 0.3 is 0 Å². The molecule has 0 fully saturated rings. The highest BCUT2D eigenvalue weighted by Crippen LogP contribution is 2.26. The summed E-state index contributed by atoms with van der Waals surface area (Å²) in [5.41, 5.74) is 11.4. The van der Waals surface area contributed by atoms with Gasteiger partial charge in [-0.15, -0.1) is 0 Å². The van der Waals surface area contributed by atoms with E-state index in [2.05, 4.69) is 55.3 Å². The number of aryl methyl sites for hydroxylation is 2. The molecular weight excluding hydrogens is 208 g/mol. The molecule has 17 heavy (non-hydrogen) atoms. The Bertz CT molecular complexity index is 515. The molecule has 2 rings (SSSR count). The molecule has 0 amide bonds. The first kappa shape index (κ1) is 11.5. The summed E-state index contributed by atoms with van der Waals surface area (Å²) in [5, 5.41) is 0. The molecule has 2 N–H and O–H groups in total. The minimum Gasteiger partial charge on any atom is -0.398 e. The molecule has 0 saturated heterocycles. The van der Waals surface area contributed by atoms with Gasteiger partial charge in [-0.25, -0.2) is 0 Å². The van der Waals surface area contributed by atoms with E-state index >= 15 is 0 Å². The van der Waals surface area contributed by atoms with Crippen LogP contribution in [0.4, 0.5) is 17.1 Å². The molecule has 0 aliphatic rings. The maximum absolute atomic E-state index is 5.93. The Morgan fingerprint density at radius 2 is 1.47 bits per heavy atom. The van der Waals surface area contributed by atoms with Gasteiger partial charge in [-0.2, -0.15) is 0 Å². The third-order valence-electron chi connectivity index (χ3n) is 3.07. The summed E-state index contributed by atoms with van der Waals surface area (Å²) >= 11 is 0. The molecule has 0 saturated carbocycles. The molecule has 0 atom stereocenters. The van der Waals surface area contributed by atoms with Crippen LogP contribution in [0.1, 0.15) is 11.1 Å². The molecular formula is C15H18N2. The van der Waals surface area contributed by atoms with Gasteiger partial charge in [-0.1, -0.05) is 23.8 Å². The monoisotopic (exact) mass is 226 g/mol. The van der Waals surface area contributed by atoms with Crippen molar-refractivity contribution in [1.29, 1.82) is 0 Å². The number of hydrogen-bond acceptors (Lipinski definition) is 2. The number of anilines is 3. The molecule has 2 heteroatoms. The Balaban J connectivity index is 2.33.